The molecule has 0 radical (unpaired) electrons. The van der Waals surface area contributed by atoms with E-state index in [-0.39, 0.29) is 0 Å². The molecule has 70 valence electrons. The first-order valence-corrected chi connectivity index (χ1v) is 4.24. The second-order valence-corrected chi connectivity index (χ2v) is 2.51. The molecule has 0 aromatic carbocycles. The van der Waals surface area contributed by atoms with E-state index in [1.165, 1.54) is 0 Å². The first-order chi connectivity index (χ1) is 5.43. The summed E-state index contributed by atoms with van der Waals surface area (Å²) in [5.41, 5.74) is 0. The summed E-state index contributed by atoms with van der Waals surface area (Å²) in [7, 11) is -5.17. The number of hydrogen-bond donors (Lipinski definition) is 1. The van der Waals surface area contributed by atoms with Crippen molar-refractivity contribution in [3.8, 4) is 0 Å². The lowest BCUT2D eigenvalue weighted by atomic mass is 10.6. The maximum atomic E-state index is 10.2. The summed E-state index contributed by atoms with van der Waals surface area (Å²) in [5, 5.41) is 0. The van der Waals surface area contributed by atoms with Crippen LogP contribution in [-0.2, 0) is 15.2 Å². The van der Waals surface area contributed by atoms with Crippen LogP contribution in [0.25, 0.3) is 0 Å². The van der Waals surface area contributed by atoms with E-state index in [1.807, 2.05) is 0 Å². The minimum absolute atomic E-state index is 0.681. The van der Waals surface area contributed by atoms with Crippen LogP contribution in [0.5, 0.6) is 0 Å². The number of nitrogens with zero attached hydrogens (tertiary/aromatic N) is 1. The fraction of sp³-hybridized carbons (Fsp3) is 0.400. The molecule has 0 fully saturated rings. The monoisotopic (exact) mass is 197 g/mol. The van der Waals surface area contributed by atoms with Crippen molar-refractivity contribution in [3.05, 3.63) is 12.7 Å². The van der Waals surface area contributed by atoms with Gasteiger partial charge >= 0.3 is 10.5 Å². The summed E-state index contributed by atoms with van der Waals surface area (Å²) in [6.45, 7) is 5.00. The average Bonchev–Trinajstić information content (AvgIpc) is 2.33. The van der Waals surface area contributed by atoms with Gasteiger partial charge in [-0.25, -0.2) is 4.99 Å². The van der Waals surface area contributed by atoms with E-state index >= 15 is 0 Å². The highest BCUT2D eigenvalue weighted by Gasteiger charge is 1.98. The summed E-state index contributed by atoms with van der Waals surface area (Å²) < 4.78 is 39.0. The zero-order valence-electron chi connectivity index (χ0n) is 6.10. The van der Waals surface area contributed by atoms with E-state index in [2.05, 4.69) is 11.6 Å². The third kappa shape index (κ3) is 9.05. The van der Waals surface area contributed by atoms with Gasteiger partial charge in [-0.15, -0.1) is 0 Å². The summed E-state index contributed by atoms with van der Waals surface area (Å²) in [5.74, 6) is 0.681. The molecule has 0 saturated carbocycles. The Morgan fingerprint density at radius 2 is 2.25 bits per heavy atom. The lowest BCUT2D eigenvalue weighted by molar-refractivity contribution is 0.350. The fourth-order valence-electron chi connectivity index (χ4n) is 0.475. The van der Waals surface area contributed by atoms with Gasteiger partial charge in [-0.05, 0) is 6.08 Å². The number of halogens is 1. The van der Waals surface area contributed by atoms with Crippen LogP contribution in [0.2, 0.25) is 0 Å². The number of ether oxygens (including phenoxy) is 1. The molecule has 0 unspecified atom stereocenters. The van der Waals surface area contributed by atoms with Crippen molar-refractivity contribution in [2.24, 2.45) is 4.99 Å². The molecule has 1 rings (SSSR count). The van der Waals surface area contributed by atoms with E-state index in [9.17, 15) is 3.89 Å². The van der Waals surface area contributed by atoms with Crippen molar-refractivity contribution in [2.75, 3.05) is 13.2 Å². The van der Waals surface area contributed by atoms with Crippen molar-refractivity contribution in [3.63, 3.8) is 0 Å². The molecule has 0 aliphatic carbocycles. The molecular formula is C5H8FNO4S. The summed E-state index contributed by atoms with van der Waals surface area (Å²) >= 11 is 0. The van der Waals surface area contributed by atoms with Crippen molar-refractivity contribution < 1.29 is 21.6 Å². The molecule has 0 spiro atoms. The van der Waals surface area contributed by atoms with Crippen molar-refractivity contribution in [1.82, 2.24) is 0 Å². The van der Waals surface area contributed by atoms with Crippen LogP contribution in [-0.4, -0.2) is 32.0 Å². The van der Waals surface area contributed by atoms with Gasteiger partial charge in [0, 0.05) is 0 Å². The number of aliphatic imine (C=N–C) groups is 1. The van der Waals surface area contributed by atoms with E-state index in [0.29, 0.717) is 5.90 Å². The maximum absolute atomic E-state index is 10.2. The third-order valence-corrected chi connectivity index (χ3v) is 0.783. The van der Waals surface area contributed by atoms with Crippen LogP contribution >= 0.6 is 0 Å². The first kappa shape index (κ1) is 11.1. The zero-order valence-corrected chi connectivity index (χ0v) is 6.92. The Morgan fingerprint density at radius 1 is 1.75 bits per heavy atom. The van der Waals surface area contributed by atoms with E-state index in [1.54, 1.807) is 6.08 Å². The Kier molecular flexibility index (Phi) is 4.45. The van der Waals surface area contributed by atoms with Gasteiger partial charge in [-0.1, -0.05) is 10.5 Å². The molecule has 0 saturated heterocycles. The fourth-order valence-corrected chi connectivity index (χ4v) is 0.475. The lowest BCUT2D eigenvalue weighted by Gasteiger charge is -1.87. The van der Waals surface area contributed by atoms with Gasteiger partial charge in [0.1, 0.15) is 6.61 Å². The van der Waals surface area contributed by atoms with Gasteiger partial charge in [-0.3, -0.25) is 4.55 Å². The highest BCUT2D eigenvalue weighted by Crippen LogP contribution is 1.92. The van der Waals surface area contributed by atoms with Crippen LogP contribution in [0.1, 0.15) is 0 Å². The maximum Gasteiger partial charge on any atom is 0.435 e. The highest BCUT2D eigenvalue weighted by atomic mass is 32.3. The molecule has 0 aromatic heterocycles. The normalized spacial score (nSPS) is 15.3. The van der Waals surface area contributed by atoms with E-state index in [0.717, 1.165) is 13.2 Å². The minimum atomic E-state index is -5.17. The van der Waals surface area contributed by atoms with Gasteiger partial charge in [0.15, 0.2) is 0 Å². The largest absolute Gasteiger partial charge is 0.476 e. The minimum Gasteiger partial charge on any atom is -0.476 e. The molecule has 0 amide bonds. The Balaban J connectivity index is 0.000000217. The zero-order chi connectivity index (χ0) is 9.61. The average molecular weight is 197 g/mol. The van der Waals surface area contributed by atoms with Crippen LogP contribution in [0.4, 0.5) is 3.89 Å². The van der Waals surface area contributed by atoms with Gasteiger partial charge in [-0.2, -0.15) is 8.42 Å². The van der Waals surface area contributed by atoms with E-state index in [4.69, 9.17) is 17.7 Å². The topological polar surface area (TPSA) is 76.0 Å². The smallest absolute Gasteiger partial charge is 0.435 e. The first-order valence-electron chi connectivity index (χ1n) is 2.90. The lowest BCUT2D eigenvalue weighted by Crippen LogP contribution is -1.91. The Bertz CT molecular complexity index is 263. The molecule has 7 heteroatoms. The van der Waals surface area contributed by atoms with Crippen molar-refractivity contribution in [2.45, 2.75) is 0 Å². The second-order valence-electron chi connectivity index (χ2n) is 1.68. The van der Waals surface area contributed by atoms with Crippen LogP contribution in [0.15, 0.2) is 17.6 Å². The summed E-state index contributed by atoms with van der Waals surface area (Å²) in [6, 6.07) is 0. The van der Waals surface area contributed by atoms with Gasteiger partial charge < -0.3 is 4.74 Å². The third-order valence-electron chi connectivity index (χ3n) is 0.783. The predicted molar refractivity (Wildman–Crippen MR) is 41.1 cm³/mol. The second kappa shape index (κ2) is 4.83. The van der Waals surface area contributed by atoms with Crippen LogP contribution < -0.4 is 0 Å². The van der Waals surface area contributed by atoms with Crippen molar-refractivity contribution >= 4 is 16.4 Å². The SMILES string of the molecule is C=CC1=NCCO1.O=S(=O)(O)F. The highest BCUT2D eigenvalue weighted by molar-refractivity contribution is 7.80. The van der Waals surface area contributed by atoms with Gasteiger partial charge in [0.25, 0.3) is 0 Å². The Morgan fingerprint density at radius 3 is 2.42 bits per heavy atom. The Hall–Kier alpha value is -0.950. The molecule has 1 N–H and O–H groups in total. The molecule has 1 aliphatic rings. The molecule has 0 bridgehead atoms. The molecule has 1 aliphatic heterocycles. The van der Waals surface area contributed by atoms with Crippen molar-refractivity contribution in [1.29, 1.82) is 0 Å². The Labute approximate surface area is 69.6 Å². The summed E-state index contributed by atoms with van der Waals surface area (Å²) in [6.07, 6.45) is 1.62. The predicted octanol–water partition coefficient (Wildman–Crippen LogP) is 0.360. The number of rotatable bonds is 1. The van der Waals surface area contributed by atoms with Gasteiger partial charge in [0.05, 0.1) is 6.54 Å². The standard InChI is InChI=1S/C5H7NO.FHO3S/c1-2-5-6-3-4-7-5;1-5(2,3)4/h2H,1,3-4H2;(H,2,3,4). The molecule has 1 heterocycles. The molecule has 5 nitrogen and oxygen atoms in total. The van der Waals surface area contributed by atoms with E-state index < -0.39 is 10.5 Å². The van der Waals surface area contributed by atoms with Crippen LogP contribution in [0, 0.1) is 0 Å². The summed E-state index contributed by atoms with van der Waals surface area (Å²) in [4.78, 5) is 3.93. The molecular weight excluding hydrogens is 189 g/mol. The molecule has 12 heavy (non-hydrogen) atoms. The molecule has 0 aromatic rings. The number of hydrogen-bond acceptors (Lipinski definition) is 4. The van der Waals surface area contributed by atoms with Gasteiger partial charge in [0.2, 0.25) is 5.90 Å². The quantitative estimate of drug-likeness (QED) is 0.486. The molecule has 0 atom stereocenters. The van der Waals surface area contributed by atoms with Crippen LogP contribution in [0.3, 0.4) is 0 Å².